The van der Waals surface area contributed by atoms with Crippen molar-refractivity contribution in [1.29, 1.82) is 0 Å². The molecule has 0 saturated heterocycles. The van der Waals surface area contributed by atoms with Gasteiger partial charge in [0.1, 0.15) is 0 Å². The van der Waals surface area contributed by atoms with Crippen LogP contribution in [-0.2, 0) is 0 Å². The molecule has 4 heteroatoms. The van der Waals surface area contributed by atoms with E-state index in [9.17, 15) is 0 Å². The molecule has 0 amide bonds. The van der Waals surface area contributed by atoms with Gasteiger partial charge in [-0.2, -0.15) is 11.8 Å². The van der Waals surface area contributed by atoms with Crippen LogP contribution in [0.25, 0.3) is 0 Å². The van der Waals surface area contributed by atoms with Gasteiger partial charge in [-0.25, -0.2) is 0 Å². The van der Waals surface area contributed by atoms with Gasteiger partial charge in [0.15, 0.2) is 5.17 Å². The van der Waals surface area contributed by atoms with E-state index in [2.05, 4.69) is 23.5 Å². The first-order chi connectivity index (χ1) is 7.74. The predicted molar refractivity (Wildman–Crippen MR) is 76.6 cm³/mol. The normalized spacial score (nSPS) is 28.9. The molecule has 0 spiro atoms. The molecule has 2 rings (SSSR count). The zero-order valence-electron chi connectivity index (χ0n) is 10.3. The molecule has 0 radical (unpaired) electrons. The summed E-state index contributed by atoms with van der Waals surface area (Å²) in [6.45, 7) is 4.38. The quantitative estimate of drug-likeness (QED) is 0.842. The minimum absolute atomic E-state index is 0.492. The van der Waals surface area contributed by atoms with Gasteiger partial charge in [-0.1, -0.05) is 31.5 Å². The van der Waals surface area contributed by atoms with E-state index < -0.39 is 0 Å². The molecule has 2 aliphatic rings. The van der Waals surface area contributed by atoms with Crippen LogP contribution in [0.2, 0.25) is 0 Å². The lowest BCUT2D eigenvalue weighted by Crippen LogP contribution is -2.38. The minimum atomic E-state index is 0.492. The lowest BCUT2D eigenvalue weighted by atomic mass is 10.1. The molecule has 1 aliphatic heterocycles. The van der Waals surface area contributed by atoms with Gasteiger partial charge in [-0.3, -0.25) is 4.99 Å². The van der Waals surface area contributed by atoms with Gasteiger partial charge in [-0.05, 0) is 25.0 Å². The zero-order chi connectivity index (χ0) is 11.4. The fourth-order valence-corrected chi connectivity index (χ4v) is 4.18. The average Bonchev–Trinajstić information content (AvgIpc) is 2.78. The molecule has 2 nitrogen and oxygen atoms in total. The molecule has 1 heterocycles. The molecule has 92 valence electrons. The molecular formula is C12H22N2S2. The van der Waals surface area contributed by atoms with E-state index in [0.717, 1.165) is 19.0 Å². The van der Waals surface area contributed by atoms with Crippen molar-refractivity contribution in [3.8, 4) is 0 Å². The third-order valence-electron chi connectivity index (χ3n) is 3.56. The van der Waals surface area contributed by atoms with Crippen LogP contribution in [0.4, 0.5) is 0 Å². The van der Waals surface area contributed by atoms with Crippen LogP contribution in [0.1, 0.15) is 32.6 Å². The summed E-state index contributed by atoms with van der Waals surface area (Å²) in [5.41, 5.74) is 0. The summed E-state index contributed by atoms with van der Waals surface area (Å²) in [5.74, 6) is 1.97. The molecule has 0 bridgehead atoms. The van der Waals surface area contributed by atoms with Gasteiger partial charge in [0.2, 0.25) is 0 Å². The monoisotopic (exact) mass is 258 g/mol. The van der Waals surface area contributed by atoms with Gasteiger partial charge in [0.25, 0.3) is 0 Å². The van der Waals surface area contributed by atoms with E-state index >= 15 is 0 Å². The van der Waals surface area contributed by atoms with E-state index in [0.29, 0.717) is 4.75 Å². The topological polar surface area (TPSA) is 24.4 Å². The van der Waals surface area contributed by atoms with Crippen LogP contribution in [0, 0.1) is 5.92 Å². The second kappa shape index (κ2) is 5.67. The van der Waals surface area contributed by atoms with Crippen molar-refractivity contribution in [3.05, 3.63) is 0 Å². The van der Waals surface area contributed by atoms with Crippen molar-refractivity contribution in [2.75, 3.05) is 25.1 Å². The molecule has 1 unspecified atom stereocenters. The Labute approximate surface area is 107 Å². The SMILES string of the molecule is CSC1(CNC2=NCC(C)CS2)CCCC1. The van der Waals surface area contributed by atoms with Crippen molar-refractivity contribution in [2.24, 2.45) is 10.9 Å². The molecule has 1 saturated carbocycles. The van der Waals surface area contributed by atoms with Gasteiger partial charge in [0, 0.05) is 23.6 Å². The van der Waals surface area contributed by atoms with Gasteiger partial charge in [0.05, 0.1) is 0 Å². The standard InChI is InChI=1S/C12H22N2S2/c1-10-7-13-11(16-8-10)14-9-12(15-2)5-3-4-6-12/h10H,3-9H2,1-2H3,(H,13,14). The molecule has 0 aromatic rings. The lowest BCUT2D eigenvalue weighted by molar-refractivity contribution is 0.589. The number of nitrogens with zero attached hydrogens (tertiary/aromatic N) is 1. The first-order valence-electron chi connectivity index (χ1n) is 6.20. The molecule has 1 aliphatic carbocycles. The smallest absolute Gasteiger partial charge is 0.156 e. The Morgan fingerprint density at radius 1 is 1.50 bits per heavy atom. The Hall–Kier alpha value is 0.170. The number of thioether (sulfide) groups is 2. The highest BCUT2D eigenvalue weighted by atomic mass is 32.2. The first kappa shape index (κ1) is 12.6. The van der Waals surface area contributed by atoms with Crippen molar-refractivity contribution in [3.63, 3.8) is 0 Å². The molecule has 16 heavy (non-hydrogen) atoms. The Bertz CT molecular complexity index is 260. The zero-order valence-corrected chi connectivity index (χ0v) is 11.9. The summed E-state index contributed by atoms with van der Waals surface area (Å²) in [6.07, 6.45) is 7.80. The van der Waals surface area contributed by atoms with Crippen LogP contribution in [-0.4, -0.2) is 35.0 Å². The van der Waals surface area contributed by atoms with Crippen molar-refractivity contribution in [1.82, 2.24) is 5.32 Å². The average molecular weight is 258 g/mol. The number of amidine groups is 1. The molecule has 1 fully saturated rings. The number of rotatable bonds is 3. The highest BCUT2D eigenvalue weighted by Gasteiger charge is 2.33. The largest absolute Gasteiger partial charge is 0.364 e. The van der Waals surface area contributed by atoms with E-state index in [1.165, 1.54) is 36.6 Å². The summed E-state index contributed by atoms with van der Waals surface area (Å²) in [6, 6.07) is 0. The molecule has 1 N–H and O–H groups in total. The van der Waals surface area contributed by atoms with Crippen LogP contribution < -0.4 is 5.32 Å². The van der Waals surface area contributed by atoms with Gasteiger partial charge >= 0.3 is 0 Å². The first-order valence-corrected chi connectivity index (χ1v) is 8.41. The number of hydrogen-bond donors (Lipinski definition) is 1. The van der Waals surface area contributed by atoms with Crippen LogP contribution in [0.3, 0.4) is 0 Å². The number of aliphatic imine (C=N–C) groups is 1. The van der Waals surface area contributed by atoms with Crippen molar-refractivity contribution >= 4 is 28.7 Å². The summed E-state index contributed by atoms with van der Waals surface area (Å²) in [7, 11) is 0. The van der Waals surface area contributed by atoms with Gasteiger partial charge in [-0.15, -0.1) is 0 Å². The van der Waals surface area contributed by atoms with E-state index in [1.807, 2.05) is 23.5 Å². The second-order valence-corrected chi connectivity index (χ2v) is 7.29. The third-order valence-corrected chi connectivity index (χ3v) is 6.26. The van der Waals surface area contributed by atoms with Crippen molar-refractivity contribution < 1.29 is 0 Å². The lowest BCUT2D eigenvalue weighted by Gasteiger charge is -2.28. The fourth-order valence-electron chi connectivity index (χ4n) is 2.37. The maximum atomic E-state index is 4.60. The summed E-state index contributed by atoms with van der Waals surface area (Å²) < 4.78 is 0.492. The van der Waals surface area contributed by atoms with Gasteiger partial charge < -0.3 is 5.32 Å². The molecular weight excluding hydrogens is 236 g/mol. The Morgan fingerprint density at radius 2 is 2.25 bits per heavy atom. The molecule has 0 aromatic carbocycles. The maximum absolute atomic E-state index is 4.60. The Kier molecular flexibility index (Phi) is 4.48. The summed E-state index contributed by atoms with van der Waals surface area (Å²) in [4.78, 5) is 4.60. The minimum Gasteiger partial charge on any atom is -0.364 e. The number of hydrogen-bond acceptors (Lipinski definition) is 4. The van der Waals surface area contributed by atoms with Crippen LogP contribution in [0.5, 0.6) is 0 Å². The molecule has 1 atom stereocenters. The van der Waals surface area contributed by atoms with Crippen molar-refractivity contribution in [2.45, 2.75) is 37.4 Å². The van der Waals surface area contributed by atoms with E-state index in [1.54, 1.807) is 0 Å². The second-order valence-electron chi connectivity index (χ2n) is 5.01. The Morgan fingerprint density at radius 3 is 2.81 bits per heavy atom. The summed E-state index contributed by atoms with van der Waals surface area (Å²) in [5, 5.41) is 4.75. The highest BCUT2D eigenvalue weighted by molar-refractivity contribution is 8.13. The van der Waals surface area contributed by atoms with Crippen LogP contribution in [0.15, 0.2) is 4.99 Å². The fraction of sp³-hybridized carbons (Fsp3) is 0.917. The molecule has 0 aromatic heterocycles. The van der Waals surface area contributed by atoms with E-state index in [4.69, 9.17) is 0 Å². The maximum Gasteiger partial charge on any atom is 0.156 e. The van der Waals surface area contributed by atoms with E-state index in [-0.39, 0.29) is 0 Å². The number of nitrogens with one attached hydrogen (secondary N) is 1. The third kappa shape index (κ3) is 3.10. The van der Waals surface area contributed by atoms with Crippen LogP contribution >= 0.6 is 23.5 Å². The summed E-state index contributed by atoms with van der Waals surface area (Å²) >= 11 is 3.94. The Balaban J connectivity index is 1.82. The predicted octanol–water partition coefficient (Wildman–Crippen LogP) is 2.99. The highest BCUT2D eigenvalue weighted by Crippen LogP contribution is 2.39.